The maximum atomic E-state index is 13.2. The summed E-state index contributed by atoms with van der Waals surface area (Å²) in [6.07, 6.45) is 0. The van der Waals surface area contributed by atoms with Crippen molar-refractivity contribution in [2.75, 3.05) is 45.1 Å². The van der Waals surface area contributed by atoms with Gasteiger partial charge in [0.1, 0.15) is 6.54 Å². The molecule has 3 aromatic rings. The first-order chi connectivity index (χ1) is 17.4. The third-order valence-corrected chi connectivity index (χ3v) is 7.19. The van der Waals surface area contributed by atoms with Crippen molar-refractivity contribution in [3.63, 3.8) is 0 Å². The Morgan fingerprint density at radius 3 is 2.63 bits per heavy atom. The molecule has 0 aliphatic carbocycles. The Bertz CT molecular complexity index is 1200. The van der Waals surface area contributed by atoms with Gasteiger partial charge >= 0.3 is 0 Å². The lowest BCUT2D eigenvalue weighted by molar-refractivity contribution is -0.151. The van der Waals surface area contributed by atoms with Crippen LogP contribution in [-0.4, -0.2) is 76.6 Å². The van der Waals surface area contributed by atoms with E-state index in [9.17, 15) is 9.59 Å². The number of benzene rings is 1. The number of amides is 2. The minimum absolute atomic E-state index is 0. The summed E-state index contributed by atoms with van der Waals surface area (Å²) in [6.45, 7) is 9.11. The number of anilines is 1. The number of halogens is 2. The van der Waals surface area contributed by atoms with Crippen molar-refractivity contribution in [3.8, 4) is 11.4 Å². The first kappa shape index (κ1) is 31.5. The van der Waals surface area contributed by atoms with E-state index in [-0.39, 0.29) is 49.7 Å². The predicted octanol–water partition coefficient (Wildman–Crippen LogP) is 3.50. The van der Waals surface area contributed by atoms with Crippen LogP contribution in [0.25, 0.3) is 11.4 Å². The van der Waals surface area contributed by atoms with E-state index in [1.807, 2.05) is 37.1 Å². The van der Waals surface area contributed by atoms with Gasteiger partial charge < -0.3 is 20.1 Å². The Morgan fingerprint density at radius 2 is 1.95 bits per heavy atom. The smallest absolute Gasteiger partial charge is 0.256 e. The number of aryl methyl sites for hydroxylation is 2. The molecule has 2 N–H and O–H groups in total. The molecule has 0 saturated carbocycles. The van der Waals surface area contributed by atoms with Gasteiger partial charge in [0.15, 0.2) is 0 Å². The second-order valence-corrected chi connectivity index (χ2v) is 9.80. The van der Waals surface area contributed by atoms with Crippen LogP contribution in [0, 0.1) is 13.8 Å². The van der Waals surface area contributed by atoms with Gasteiger partial charge in [-0.3, -0.25) is 14.6 Å². The van der Waals surface area contributed by atoms with E-state index < -0.39 is 0 Å². The third-order valence-electron chi connectivity index (χ3n) is 6.24. The normalized spacial score (nSPS) is 12.3. The van der Waals surface area contributed by atoms with Gasteiger partial charge in [0.2, 0.25) is 17.6 Å². The molecule has 1 aliphatic rings. The highest BCUT2D eigenvalue weighted by Gasteiger charge is 2.27. The second kappa shape index (κ2) is 14.5. The van der Waals surface area contributed by atoms with Gasteiger partial charge in [-0.1, -0.05) is 24.2 Å². The maximum absolute atomic E-state index is 13.2. The fraction of sp³-hybridized carbons (Fsp3) is 0.440. The van der Waals surface area contributed by atoms with Gasteiger partial charge in [-0.05, 0) is 42.1 Å². The van der Waals surface area contributed by atoms with E-state index >= 15 is 0 Å². The van der Waals surface area contributed by atoms with Crippen LogP contribution in [0.5, 0.6) is 0 Å². The van der Waals surface area contributed by atoms with Crippen LogP contribution in [0.3, 0.4) is 0 Å². The van der Waals surface area contributed by atoms with Gasteiger partial charge in [0.25, 0.3) is 5.91 Å². The Labute approximate surface area is 239 Å². The van der Waals surface area contributed by atoms with E-state index in [4.69, 9.17) is 4.52 Å². The number of hydrogen-bond acceptors (Lipinski definition) is 9. The molecule has 1 aromatic carbocycles. The Morgan fingerprint density at radius 1 is 1.16 bits per heavy atom. The molecule has 13 heteroatoms. The summed E-state index contributed by atoms with van der Waals surface area (Å²) in [5.74, 6) is 0.737. The lowest BCUT2D eigenvalue weighted by Crippen LogP contribution is -2.49. The average Bonchev–Trinajstić information content (AvgIpc) is 3.59. The lowest BCUT2D eigenvalue weighted by Gasteiger charge is -2.31. The van der Waals surface area contributed by atoms with Crippen LogP contribution in [0.2, 0.25) is 0 Å². The molecule has 3 heterocycles. The zero-order valence-electron chi connectivity index (χ0n) is 22.0. The minimum atomic E-state index is -0.143. The van der Waals surface area contributed by atoms with Crippen LogP contribution in [0.1, 0.15) is 28.8 Å². The molecule has 0 fully saturated rings. The summed E-state index contributed by atoms with van der Waals surface area (Å²) in [5.41, 5.74) is 3.86. The summed E-state index contributed by atoms with van der Waals surface area (Å²) in [4.78, 5) is 33.5. The highest BCUT2D eigenvalue weighted by Crippen LogP contribution is 2.28. The van der Waals surface area contributed by atoms with E-state index in [1.165, 1.54) is 10.4 Å². The van der Waals surface area contributed by atoms with Crippen molar-refractivity contribution < 1.29 is 14.1 Å². The molecular formula is C25H35Cl2N7O3S. The van der Waals surface area contributed by atoms with Crippen molar-refractivity contribution in [2.45, 2.75) is 33.9 Å². The van der Waals surface area contributed by atoms with Gasteiger partial charge in [-0.2, -0.15) is 4.98 Å². The van der Waals surface area contributed by atoms with Crippen LogP contribution >= 0.6 is 36.2 Å². The number of carbonyl (C=O) groups excluding carboxylic acids is 2. The number of fused-ring (bicyclic) bond motifs is 1. The molecule has 4 rings (SSSR count). The largest absolute Gasteiger partial charge is 0.376 e. The number of hydrazine groups is 1. The van der Waals surface area contributed by atoms with E-state index in [0.29, 0.717) is 31.3 Å². The Balaban J connectivity index is 0.00000253. The average molecular weight is 585 g/mol. The number of nitrogens with zero attached hydrogens (tertiary/aromatic N) is 5. The monoisotopic (exact) mass is 583 g/mol. The molecule has 2 aromatic heterocycles. The van der Waals surface area contributed by atoms with Crippen LogP contribution in [-0.2, 0) is 22.7 Å². The van der Waals surface area contributed by atoms with Gasteiger partial charge in [0.05, 0.1) is 13.1 Å². The van der Waals surface area contributed by atoms with Crippen molar-refractivity contribution in [1.29, 1.82) is 0 Å². The second-order valence-electron chi connectivity index (χ2n) is 8.80. The molecule has 208 valence electrons. The summed E-state index contributed by atoms with van der Waals surface area (Å²) >= 11 is 1.71. The maximum Gasteiger partial charge on any atom is 0.256 e. The number of carbonyl (C=O) groups is 2. The zero-order valence-corrected chi connectivity index (χ0v) is 24.5. The molecule has 0 spiro atoms. The van der Waals surface area contributed by atoms with Crippen LogP contribution in [0.15, 0.2) is 34.2 Å². The Hall–Kier alpha value is -2.70. The summed E-state index contributed by atoms with van der Waals surface area (Å²) in [5, 5.41) is 16.2. The number of thiophene rings is 1. The molecule has 2 amide bonds. The first-order valence-electron chi connectivity index (χ1n) is 12.1. The van der Waals surface area contributed by atoms with Gasteiger partial charge in [-0.15, -0.1) is 36.2 Å². The highest BCUT2D eigenvalue weighted by atomic mass is 35.5. The number of rotatable bonds is 11. The van der Waals surface area contributed by atoms with Crippen molar-refractivity contribution >= 4 is 53.7 Å². The summed E-state index contributed by atoms with van der Waals surface area (Å²) in [7, 11) is 1.78. The SMILES string of the molecule is CCNCCN(CC(=O)N(C)N1Cc2ccsc2C1)C(=O)CNc1cc(-c2noc(C)n2)ccc1C.Cl.Cl. The molecule has 0 atom stereocenters. The quantitative estimate of drug-likeness (QED) is 0.330. The fourth-order valence-corrected chi connectivity index (χ4v) is 4.94. The number of likely N-dealkylation sites (N-methyl/N-ethyl adjacent to an activating group) is 2. The van der Waals surface area contributed by atoms with Gasteiger partial charge in [0, 0.05) is 49.7 Å². The number of hydrogen-bond donors (Lipinski definition) is 2. The zero-order chi connectivity index (χ0) is 25.7. The summed E-state index contributed by atoms with van der Waals surface area (Å²) < 4.78 is 5.09. The molecule has 38 heavy (non-hydrogen) atoms. The van der Waals surface area contributed by atoms with Crippen molar-refractivity contribution in [1.82, 2.24) is 30.4 Å². The van der Waals surface area contributed by atoms with E-state index in [1.54, 1.807) is 35.2 Å². The molecule has 0 bridgehead atoms. The van der Waals surface area contributed by atoms with E-state index in [0.717, 1.165) is 29.9 Å². The third kappa shape index (κ3) is 7.67. The summed E-state index contributed by atoms with van der Waals surface area (Å²) in [6, 6.07) is 7.87. The number of nitrogens with one attached hydrogen (secondary N) is 2. The molecular weight excluding hydrogens is 549 g/mol. The van der Waals surface area contributed by atoms with E-state index in [2.05, 4.69) is 32.2 Å². The molecule has 10 nitrogen and oxygen atoms in total. The molecule has 0 radical (unpaired) electrons. The standard InChI is InChI=1S/C25H33N7O3S.2ClH/c1-5-26-9-10-31(16-24(34)30(4)32-14-20-8-11-36-22(20)15-32)23(33)13-27-21-12-19(7-6-17(21)2)25-28-18(3)35-29-25;;/h6-8,11-12,26-27H,5,9-10,13-16H2,1-4H3;2*1H. The fourth-order valence-electron chi connectivity index (χ4n) is 4.03. The minimum Gasteiger partial charge on any atom is -0.376 e. The molecule has 0 unspecified atom stereocenters. The first-order valence-corrected chi connectivity index (χ1v) is 12.9. The van der Waals surface area contributed by atoms with Crippen molar-refractivity contribution in [2.24, 2.45) is 0 Å². The predicted molar refractivity (Wildman–Crippen MR) is 154 cm³/mol. The van der Waals surface area contributed by atoms with Crippen LogP contribution in [0.4, 0.5) is 5.69 Å². The number of aromatic nitrogens is 2. The highest BCUT2D eigenvalue weighted by molar-refractivity contribution is 7.10. The topological polar surface area (TPSA) is 107 Å². The van der Waals surface area contributed by atoms with Gasteiger partial charge in [-0.25, -0.2) is 5.01 Å². The van der Waals surface area contributed by atoms with Crippen LogP contribution < -0.4 is 10.6 Å². The molecule has 0 saturated heterocycles. The van der Waals surface area contributed by atoms with Crippen molar-refractivity contribution in [3.05, 3.63) is 51.5 Å². The molecule has 1 aliphatic heterocycles. The lowest BCUT2D eigenvalue weighted by atomic mass is 10.1. The Kier molecular flexibility index (Phi) is 12.0.